The van der Waals surface area contributed by atoms with Gasteiger partial charge in [0.2, 0.25) is 0 Å². The second-order valence-electron chi connectivity index (χ2n) is 19.7. The zero-order valence-electron chi connectivity index (χ0n) is 50.5. The standard InChI is InChI=1S/C53H116N2O17Si3/c1-15-18-24-52(25-19-16-2,26-20-17-3)49-54(30-32-67-38-40-71-44-42-69-36-34-56-4)51-55(31-33-68-39-41-72-45-43-70-37-35-57-5)50-53(27-21-46-73(58-6,59-7)60-8,28-22-47-74(61-9,62-10)63-11)29-23-48-75(64-12,65-13)66-14/h15-51H2,1-14H3. The molecular weight excluding hydrogens is 1020 g/mol. The number of hydrogen-bond acceptors (Lipinski definition) is 19. The number of hydrogen-bond donors (Lipinski definition) is 0. The third-order valence-electron chi connectivity index (χ3n) is 14.5. The number of methoxy groups -OCH3 is 2. The summed E-state index contributed by atoms with van der Waals surface area (Å²) in [6.07, 6.45) is 16.0. The Morgan fingerprint density at radius 1 is 0.293 bits per heavy atom. The molecule has 0 amide bonds. The van der Waals surface area contributed by atoms with E-state index >= 15 is 0 Å². The maximum absolute atomic E-state index is 6.41. The smallest absolute Gasteiger partial charge is 0.382 e. The Kier molecular flexibility index (Phi) is 48.5. The highest BCUT2D eigenvalue weighted by Gasteiger charge is 2.44. The molecule has 0 aromatic rings. The Hall–Kier alpha value is -0.109. The molecule has 0 saturated heterocycles. The van der Waals surface area contributed by atoms with E-state index in [1.807, 2.05) is 0 Å². The molecule has 0 radical (unpaired) electrons. The van der Waals surface area contributed by atoms with E-state index in [4.69, 9.17) is 77.7 Å². The average Bonchev–Trinajstić information content (AvgIpc) is 3.43. The molecule has 0 rings (SSSR count). The van der Waals surface area contributed by atoms with Crippen molar-refractivity contribution in [1.29, 1.82) is 0 Å². The summed E-state index contributed by atoms with van der Waals surface area (Å²) in [5.41, 5.74) is -0.0163. The normalized spacial score (nSPS) is 13.1. The number of unbranched alkanes of at least 4 members (excludes halogenated alkanes) is 3. The summed E-state index contributed by atoms with van der Waals surface area (Å²) >= 11 is 0. The van der Waals surface area contributed by atoms with Gasteiger partial charge in [0.1, 0.15) is 0 Å². The molecule has 0 aliphatic rings. The molecule has 452 valence electrons. The van der Waals surface area contributed by atoms with E-state index in [-0.39, 0.29) is 10.8 Å². The van der Waals surface area contributed by atoms with Crippen LogP contribution in [0.1, 0.15) is 117 Å². The molecule has 0 aromatic heterocycles. The van der Waals surface area contributed by atoms with Gasteiger partial charge in [0.15, 0.2) is 0 Å². The van der Waals surface area contributed by atoms with Crippen molar-refractivity contribution in [2.24, 2.45) is 10.8 Å². The van der Waals surface area contributed by atoms with Crippen LogP contribution >= 0.6 is 0 Å². The van der Waals surface area contributed by atoms with Gasteiger partial charge in [-0.3, -0.25) is 9.80 Å². The summed E-state index contributed by atoms with van der Waals surface area (Å²) < 4.78 is 99.8. The van der Waals surface area contributed by atoms with Crippen molar-refractivity contribution >= 4 is 26.4 Å². The number of ether oxygens (including phenoxy) is 8. The van der Waals surface area contributed by atoms with Crippen molar-refractivity contribution in [1.82, 2.24) is 9.80 Å². The largest absolute Gasteiger partial charge is 0.500 e. The number of rotatable bonds is 60. The van der Waals surface area contributed by atoms with E-state index in [9.17, 15) is 0 Å². The Morgan fingerprint density at radius 3 is 0.747 bits per heavy atom. The van der Waals surface area contributed by atoms with Gasteiger partial charge in [-0.25, -0.2) is 0 Å². The van der Waals surface area contributed by atoms with Crippen molar-refractivity contribution in [3.05, 3.63) is 0 Å². The van der Waals surface area contributed by atoms with Gasteiger partial charge < -0.3 is 77.7 Å². The summed E-state index contributed by atoms with van der Waals surface area (Å²) in [6, 6.07) is 2.05. The lowest BCUT2D eigenvalue weighted by Gasteiger charge is -2.44. The van der Waals surface area contributed by atoms with Gasteiger partial charge in [-0.15, -0.1) is 0 Å². The van der Waals surface area contributed by atoms with Crippen molar-refractivity contribution in [3.8, 4) is 0 Å². The third kappa shape index (κ3) is 34.1. The van der Waals surface area contributed by atoms with Crippen molar-refractivity contribution in [3.63, 3.8) is 0 Å². The molecule has 22 heteroatoms. The minimum Gasteiger partial charge on any atom is -0.382 e. The van der Waals surface area contributed by atoms with Crippen molar-refractivity contribution in [2.75, 3.05) is 204 Å². The molecule has 0 aromatic carbocycles. The van der Waals surface area contributed by atoms with Crippen LogP contribution in [0.5, 0.6) is 0 Å². The summed E-state index contributed by atoms with van der Waals surface area (Å²) in [7, 11) is 9.90. The zero-order chi connectivity index (χ0) is 55.8. The van der Waals surface area contributed by atoms with E-state index in [0.29, 0.717) is 111 Å². The monoisotopic (exact) mass is 1140 g/mol. The minimum atomic E-state index is -2.89. The van der Waals surface area contributed by atoms with E-state index in [1.165, 1.54) is 57.8 Å². The van der Waals surface area contributed by atoms with Crippen LogP contribution in [0.4, 0.5) is 0 Å². The van der Waals surface area contributed by atoms with Crippen LogP contribution in [-0.4, -0.2) is 240 Å². The van der Waals surface area contributed by atoms with Gasteiger partial charge in [-0.05, 0) is 68.6 Å². The minimum absolute atomic E-state index is 0.190. The van der Waals surface area contributed by atoms with Gasteiger partial charge >= 0.3 is 26.4 Å². The molecule has 19 nitrogen and oxygen atoms in total. The lowest BCUT2D eigenvalue weighted by Crippen LogP contribution is -2.50. The Bertz CT molecular complexity index is 1120. The third-order valence-corrected chi connectivity index (χ3v) is 23.0. The van der Waals surface area contributed by atoms with Crippen LogP contribution < -0.4 is 0 Å². The highest BCUT2D eigenvalue weighted by atomic mass is 28.4. The molecule has 75 heavy (non-hydrogen) atoms. The Morgan fingerprint density at radius 2 is 0.520 bits per heavy atom. The molecule has 0 heterocycles. The van der Waals surface area contributed by atoms with Crippen LogP contribution in [0.15, 0.2) is 0 Å². The van der Waals surface area contributed by atoms with Crippen LogP contribution in [0.3, 0.4) is 0 Å². The zero-order valence-corrected chi connectivity index (χ0v) is 53.5. The lowest BCUT2D eigenvalue weighted by molar-refractivity contribution is -0.0194. The van der Waals surface area contributed by atoms with E-state index in [0.717, 1.165) is 71.4 Å². The lowest BCUT2D eigenvalue weighted by atomic mass is 9.74. The highest BCUT2D eigenvalue weighted by Crippen LogP contribution is 2.42. The molecule has 0 atom stereocenters. The first-order valence-corrected chi connectivity index (χ1v) is 34.1. The Balaban J connectivity index is 7.48. The molecule has 0 spiro atoms. The molecular formula is C53H116N2O17Si3. The SMILES string of the molecule is CCCCC(CCCC)(CCCC)CN(CCOCCOCCOCCOC)CN(CCOCCOCCOCCOC)CC(CCC[Si](OC)(OC)OC)(CCC[Si](OC)(OC)OC)CCC[Si](OC)(OC)OC. The van der Waals surface area contributed by atoms with Crippen LogP contribution in [0, 0.1) is 10.8 Å². The summed E-state index contributed by atoms with van der Waals surface area (Å²) in [5.74, 6) is 0. The van der Waals surface area contributed by atoms with E-state index in [1.54, 1.807) is 78.2 Å². The number of nitrogens with zero attached hydrogens (tertiary/aromatic N) is 2. The molecule has 0 fully saturated rings. The van der Waals surface area contributed by atoms with Gasteiger partial charge in [0.05, 0.1) is 99.2 Å². The first-order valence-electron chi connectivity index (χ1n) is 28.3. The second-order valence-corrected chi connectivity index (χ2v) is 28.9. The highest BCUT2D eigenvalue weighted by molar-refractivity contribution is 6.61. The summed E-state index contributed by atoms with van der Waals surface area (Å²) in [5, 5.41) is 0. The van der Waals surface area contributed by atoms with Crippen LogP contribution in [0.25, 0.3) is 0 Å². The average molecular weight is 1140 g/mol. The van der Waals surface area contributed by atoms with Gasteiger partial charge in [0.25, 0.3) is 0 Å². The fourth-order valence-corrected chi connectivity index (χ4v) is 15.1. The van der Waals surface area contributed by atoms with Crippen molar-refractivity contribution in [2.45, 2.75) is 135 Å². The maximum atomic E-state index is 6.41. The van der Waals surface area contributed by atoms with Gasteiger partial charge in [-0.1, -0.05) is 59.3 Å². The Labute approximate surface area is 461 Å². The molecule has 0 aliphatic heterocycles. The maximum Gasteiger partial charge on any atom is 0.500 e. The summed E-state index contributed by atoms with van der Waals surface area (Å²) in [6.45, 7) is 18.4. The fraction of sp³-hybridized carbons (Fsp3) is 1.00. The molecule has 0 unspecified atom stereocenters. The molecule has 0 saturated carbocycles. The first-order chi connectivity index (χ1) is 36.4. The summed E-state index contributed by atoms with van der Waals surface area (Å²) in [4.78, 5) is 5.34. The van der Waals surface area contributed by atoms with Crippen LogP contribution in [0.2, 0.25) is 18.1 Å². The van der Waals surface area contributed by atoms with Gasteiger partial charge in [0, 0.05) is 123 Å². The molecule has 0 aliphatic carbocycles. The quantitative estimate of drug-likeness (QED) is 0.0323. The topological polar surface area (TPSA) is 163 Å². The van der Waals surface area contributed by atoms with Gasteiger partial charge in [-0.2, -0.15) is 0 Å². The first kappa shape index (κ1) is 74.9. The predicted molar refractivity (Wildman–Crippen MR) is 303 cm³/mol. The predicted octanol–water partition coefficient (Wildman–Crippen LogP) is 8.46. The van der Waals surface area contributed by atoms with E-state index in [2.05, 4.69) is 30.6 Å². The second kappa shape index (κ2) is 48.6. The fourth-order valence-electron chi connectivity index (χ4n) is 9.97. The van der Waals surface area contributed by atoms with Crippen LogP contribution in [-0.2, 0) is 77.7 Å². The van der Waals surface area contributed by atoms with E-state index < -0.39 is 26.4 Å². The van der Waals surface area contributed by atoms with Crippen molar-refractivity contribution < 1.29 is 77.7 Å². The molecule has 0 bridgehead atoms. The molecule has 0 N–H and O–H groups in total.